The van der Waals surface area contributed by atoms with Crippen LogP contribution in [0.3, 0.4) is 0 Å². The first-order valence-corrected chi connectivity index (χ1v) is 6.27. The maximum atomic E-state index is 10.3. The summed E-state index contributed by atoms with van der Waals surface area (Å²) >= 11 is 0. The van der Waals surface area contributed by atoms with Gasteiger partial charge in [-0.3, -0.25) is 9.59 Å². The number of amides is 1. The third-order valence-corrected chi connectivity index (χ3v) is 2.33. The molecule has 0 aliphatic carbocycles. The van der Waals surface area contributed by atoms with E-state index >= 15 is 0 Å². The zero-order chi connectivity index (χ0) is 17.0. The summed E-state index contributed by atoms with van der Waals surface area (Å²) in [6.45, 7) is 1.73. The zero-order valence-corrected chi connectivity index (χ0v) is 12.8. The Hall–Kier alpha value is -2.61. The molecule has 8 nitrogen and oxygen atoms in total. The number of ketones is 1. The minimum absolute atomic E-state index is 0.206. The minimum atomic E-state index is -0.764. The van der Waals surface area contributed by atoms with E-state index in [1.54, 1.807) is 19.7 Å². The molecule has 0 atom stereocenters. The molecule has 0 spiro atoms. The van der Waals surface area contributed by atoms with Gasteiger partial charge in [-0.2, -0.15) is 5.48 Å². The van der Waals surface area contributed by atoms with Crippen molar-refractivity contribution in [3.8, 4) is 11.5 Å². The molecule has 22 heavy (non-hydrogen) atoms. The van der Waals surface area contributed by atoms with E-state index < -0.39 is 5.97 Å². The molecule has 1 rings (SSSR count). The Labute approximate surface area is 128 Å². The highest BCUT2D eigenvalue weighted by Crippen LogP contribution is 2.23. The van der Waals surface area contributed by atoms with Gasteiger partial charge in [0.05, 0.1) is 14.2 Å². The van der Waals surface area contributed by atoms with E-state index in [1.165, 1.54) is 6.92 Å². The first-order chi connectivity index (χ1) is 10.5. The van der Waals surface area contributed by atoms with Gasteiger partial charge in [0, 0.05) is 18.2 Å². The quantitative estimate of drug-likeness (QED) is 0.423. The van der Waals surface area contributed by atoms with Crippen LogP contribution in [0.4, 0.5) is 0 Å². The summed E-state index contributed by atoms with van der Waals surface area (Å²) in [7, 11) is 3.24. The van der Waals surface area contributed by atoms with Crippen LogP contribution >= 0.6 is 0 Å². The lowest BCUT2D eigenvalue weighted by Crippen LogP contribution is -2.19. The van der Waals surface area contributed by atoms with Gasteiger partial charge in [0.2, 0.25) is 6.41 Å². The molecule has 3 N–H and O–H groups in total. The number of Topliss-reactive ketones (excluding diaryl/α,β-unsaturated/α-hetero) is 1. The molecule has 0 aliphatic rings. The Bertz CT molecular complexity index is 504. The summed E-state index contributed by atoms with van der Waals surface area (Å²) < 4.78 is 10.2. The highest BCUT2D eigenvalue weighted by molar-refractivity contribution is 5.94. The number of hydrogen-bond donors (Lipinski definition) is 2. The van der Waals surface area contributed by atoms with Gasteiger partial charge in [-0.05, 0) is 13.0 Å². The SMILES string of the molecule is CC(=O)CC(=O)ONC=O.COc1ccc(CN)c(OC)c1. The molecule has 0 saturated heterocycles. The molecule has 0 heterocycles. The fourth-order valence-electron chi connectivity index (χ4n) is 1.35. The van der Waals surface area contributed by atoms with Crippen LogP contribution < -0.4 is 20.7 Å². The summed E-state index contributed by atoms with van der Waals surface area (Å²) in [5.41, 5.74) is 8.15. The predicted octanol–water partition coefficient (Wildman–Crippen LogP) is 0.332. The second kappa shape index (κ2) is 11.1. The second-order valence-electron chi connectivity index (χ2n) is 3.97. The van der Waals surface area contributed by atoms with E-state index in [9.17, 15) is 14.4 Å². The van der Waals surface area contributed by atoms with Gasteiger partial charge in [-0.25, -0.2) is 4.79 Å². The second-order valence-corrected chi connectivity index (χ2v) is 3.97. The van der Waals surface area contributed by atoms with Crippen LogP contribution in [-0.2, 0) is 25.8 Å². The molecule has 8 heteroatoms. The lowest BCUT2D eigenvalue weighted by atomic mass is 10.2. The van der Waals surface area contributed by atoms with Gasteiger partial charge < -0.3 is 20.0 Å². The average Bonchev–Trinajstić information content (AvgIpc) is 2.52. The Morgan fingerprint density at radius 3 is 2.41 bits per heavy atom. The fourth-order valence-corrected chi connectivity index (χ4v) is 1.35. The molecule has 0 radical (unpaired) electrons. The van der Waals surface area contributed by atoms with Crippen LogP contribution in [-0.4, -0.2) is 32.4 Å². The number of hydroxylamine groups is 1. The number of rotatable bonds is 7. The Balaban J connectivity index is 0.000000409. The Kier molecular flexibility index (Phi) is 9.78. The third kappa shape index (κ3) is 7.85. The van der Waals surface area contributed by atoms with Crippen molar-refractivity contribution >= 4 is 18.2 Å². The molecule has 0 saturated carbocycles. The van der Waals surface area contributed by atoms with Crippen LogP contribution in [0.15, 0.2) is 18.2 Å². The van der Waals surface area contributed by atoms with Crippen molar-refractivity contribution in [3.63, 3.8) is 0 Å². The molecule has 1 aromatic rings. The van der Waals surface area contributed by atoms with E-state index in [2.05, 4.69) is 4.84 Å². The maximum Gasteiger partial charge on any atom is 0.339 e. The standard InChI is InChI=1S/C9H13NO2.C5H7NO4/c1-11-8-4-3-7(6-10)9(5-8)12-2;1-4(8)2-5(9)10-6-3-7/h3-5H,6,10H2,1-2H3;3H,2H2,1H3,(H,6,7). The Morgan fingerprint density at radius 2 is 1.95 bits per heavy atom. The molecule has 0 fully saturated rings. The lowest BCUT2D eigenvalue weighted by Gasteiger charge is -2.07. The van der Waals surface area contributed by atoms with Crippen LogP contribution in [0.1, 0.15) is 18.9 Å². The van der Waals surface area contributed by atoms with E-state index in [0.717, 1.165) is 17.1 Å². The van der Waals surface area contributed by atoms with Gasteiger partial charge in [0.15, 0.2) is 0 Å². The van der Waals surface area contributed by atoms with Gasteiger partial charge in [-0.1, -0.05) is 6.07 Å². The highest BCUT2D eigenvalue weighted by atomic mass is 16.7. The summed E-state index contributed by atoms with van der Waals surface area (Å²) in [5.74, 6) is 0.484. The molecule has 0 unspecified atom stereocenters. The molecule has 0 bridgehead atoms. The van der Waals surface area contributed by atoms with Crippen LogP contribution in [0.25, 0.3) is 0 Å². The predicted molar refractivity (Wildman–Crippen MR) is 78.0 cm³/mol. The van der Waals surface area contributed by atoms with Crippen molar-refractivity contribution in [2.75, 3.05) is 14.2 Å². The van der Waals surface area contributed by atoms with E-state index in [1.807, 2.05) is 18.2 Å². The zero-order valence-electron chi connectivity index (χ0n) is 12.8. The third-order valence-electron chi connectivity index (χ3n) is 2.33. The number of carbonyl (C=O) groups excluding carboxylic acids is 3. The van der Waals surface area contributed by atoms with E-state index in [0.29, 0.717) is 6.54 Å². The van der Waals surface area contributed by atoms with Crippen molar-refractivity contribution in [1.82, 2.24) is 5.48 Å². The molecule has 0 aromatic heterocycles. The van der Waals surface area contributed by atoms with Crippen LogP contribution in [0, 0.1) is 0 Å². The molecule has 1 aromatic carbocycles. The summed E-state index contributed by atoms with van der Waals surface area (Å²) in [5, 5.41) is 0. The molecule has 1 amide bonds. The number of nitrogens with one attached hydrogen (secondary N) is 1. The van der Waals surface area contributed by atoms with E-state index in [-0.39, 0.29) is 18.6 Å². The Morgan fingerprint density at radius 1 is 1.27 bits per heavy atom. The lowest BCUT2D eigenvalue weighted by molar-refractivity contribution is -0.155. The number of carbonyl (C=O) groups is 3. The number of methoxy groups -OCH3 is 2. The number of hydrogen-bond acceptors (Lipinski definition) is 7. The summed E-state index contributed by atoms with van der Waals surface area (Å²) in [6.07, 6.45) is -0.112. The average molecular weight is 312 g/mol. The van der Waals surface area contributed by atoms with Gasteiger partial charge >= 0.3 is 5.97 Å². The monoisotopic (exact) mass is 312 g/mol. The molecular formula is C14H20N2O6. The number of benzene rings is 1. The van der Waals surface area contributed by atoms with Crippen molar-refractivity contribution in [1.29, 1.82) is 0 Å². The minimum Gasteiger partial charge on any atom is -0.497 e. The molecule has 0 aliphatic heterocycles. The number of ether oxygens (including phenoxy) is 2. The largest absolute Gasteiger partial charge is 0.497 e. The van der Waals surface area contributed by atoms with Crippen molar-refractivity contribution in [2.45, 2.75) is 19.9 Å². The molecular weight excluding hydrogens is 292 g/mol. The van der Waals surface area contributed by atoms with Gasteiger partial charge in [-0.15, -0.1) is 0 Å². The fraction of sp³-hybridized carbons (Fsp3) is 0.357. The summed E-state index contributed by atoms with van der Waals surface area (Å²) in [6, 6.07) is 5.59. The van der Waals surface area contributed by atoms with Crippen LogP contribution in [0.2, 0.25) is 0 Å². The van der Waals surface area contributed by atoms with Crippen molar-refractivity contribution < 1.29 is 28.7 Å². The summed E-state index contributed by atoms with van der Waals surface area (Å²) in [4.78, 5) is 34.1. The van der Waals surface area contributed by atoms with Gasteiger partial charge in [0.1, 0.15) is 23.7 Å². The van der Waals surface area contributed by atoms with Crippen molar-refractivity contribution in [2.24, 2.45) is 5.73 Å². The van der Waals surface area contributed by atoms with E-state index in [4.69, 9.17) is 15.2 Å². The topological polar surface area (TPSA) is 117 Å². The van der Waals surface area contributed by atoms with Crippen LogP contribution in [0.5, 0.6) is 11.5 Å². The van der Waals surface area contributed by atoms with Crippen molar-refractivity contribution in [3.05, 3.63) is 23.8 Å². The smallest absolute Gasteiger partial charge is 0.339 e. The maximum absolute atomic E-state index is 10.3. The first kappa shape index (κ1) is 19.4. The number of nitrogens with two attached hydrogens (primary N) is 1. The first-order valence-electron chi connectivity index (χ1n) is 6.27. The normalized spacial score (nSPS) is 8.91. The highest BCUT2D eigenvalue weighted by Gasteiger charge is 2.05. The molecule has 122 valence electrons. The van der Waals surface area contributed by atoms with Gasteiger partial charge in [0.25, 0.3) is 0 Å².